The van der Waals surface area contributed by atoms with Crippen molar-refractivity contribution in [3.8, 4) is 16.9 Å². The molecule has 2 aromatic rings. The Kier molecular flexibility index (Phi) is 5.61. The van der Waals surface area contributed by atoms with Gasteiger partial charge < -0.3 is 14.8 Å². The maximum absolute atomic E-state index is 12.7. The van der Waals surface area contributed by atoms with Gasteiger partial charge in [-0.2, -0.15) is 0 Å². The van der Waals surface area contributed by atoms with Crippen molar-refractivity contribution in [2.24, 2.45) is 5.92 Å². The van der Waals surface area contributed by atoms with Crippen LogP contribution in [-0.4, -0.2) is 43.3 Å². The highest BCUT2D eigenvalue weighted by Crippen LogP contribution is 2.36. The molecule has 164 valence electrons. The average Bonchev–Trinajstić information content (AvgIpc) is 2.80. The number of nitrogens with one attached hydrogen (secondary N) is 1. The van der Waals surface area contributed by atoms with E-state index in [1.54, 1.807) is 0 Å². The second-order valence-electron chi connectivity index (χ2n) is 9.45. The molecule has 5 heteroatoms. The summed E-state index contributed by atoms with van der Waals surface area (Å²) in [6.45, 7) is 8.17. The van der Waals surface area contributed by atoms with Crippen LogP contribution in [-0.2, 0) is 4.74 Å². The van der Waals surface area contributed by atoms with Crippen LogP contribution in [0.4, 0.5) is 4.79 Å². The zero-order valence-corrected chi connectivity index (χ0v) is 18.5. The van der Waals surface area contributed by atoms with Crippen molar-refractivity contribution in [1.29, 1.82) is 0 Å². The lowest BCUT2D eigenvalue weighted by molar-refractivity contribution is -0.0342. The standard InChI is InChI=1S/C26H32N2O3/c1-17(2)19-4-3-5-20(14-19)21-6-7-22-23(10-13-30-24(22)15-21)27-26(29)31-25-16-28-11-8-18(25)9-12-28/h3-7,14-15,17-18,23,25H,8-13,16H2,1-2H3,(H,27,29)/t23?,25-/m0/s1. The van der Waals surface area contributed by atoms with Gasteiger partial charge in [-0.1, -0.05) is 50.2 Å². The average molecular weight is 421 g/mol. The Labute approximate surface area is 184 Å². The monoisotopic (exact) mass is 420 g/mol. The number of rotatable bonds is 4. The Morgan fingerprint density at radius 2 is 1.90 bits per heavy atom. The van der Waals surface area contributed by atoms with Gasteiger partial charge in [0.1, 0.15) is 11.9 Å². The van der Waals surface area contributed by atoms with Gasteiger partial charge in [-0.15, -0.1) is 0 Å². The first-order valence-electron chi connectivity index (χ1n) is 11.6. The molecule has 1 N–H and O–H groups in total. The molecule has 0 radical (unpaired) electrons. The summed E-state index contributed by atoms with van der Waals surface area (Å²) in [4.78, 5) is 15.1. The summed E-state index contributed by atoms with van der Waals surface area (Å²) >= 11 is 0. The Bertz CT molecular complexity index is 949. The molecular weight excluding hydrogens is 388 g/mol. The lowest BCUT2D eigenvalue weighted by atomic mass is 9.86. The van der Waals surface area contributed by atoms with Crippen LogP contribution in [0, 0.1) is 5.92 Å². The molecule has 4 aliphatic heterocycles. The number of fused-ring (bicyclic) bond motifs is 4. The van der Waals surface area contributed by atoms with E-state index in [9.17, 15) is 4.79 Å². The molecule has 2 bridgehead atoms. The molecule has 4 heterocycles. The van der Waals surface area contributed by atoms with Gasteiger partial charge in [0.25, 0.3) is 0 Å². The van der Waals surface area contributed by atoms with E-state index < -0.39 is 0 Å². The zero-order chi connectivity index (χ0) is 21.4. The summed E-state index contributed by atoms with van der Waals surface area (Å²) in [7, 11) is 0. The van der Waals surface area contributed by atoms with Gasteiger partial charge in [-0.3, -0.25) is 4.90 Å². The van der Waals surface area contributed by atoms with Crippen molar-refractivity contribution < 1.29 is 14.3 Å². The van der Waals surface area contributed by atoms with Crippen LogP contribution in [0.5, 0.6) is 5.75 Å². The summed E-state index contributed by atoms with van der Waals surface area (Å²) in [6, 6.07) is 14.9. The Morgan fingerprint density at radius 1 is 1.10 bits per heavy atom. The first-order valence-corrected chi connectivity index (χ1v) is 11.6. The van der Waals surface area contributed by atoms with Crippen LogP contribution in [0.1, 0.15) is 56.2 Å². The highest BCUT2D eigenvalue weighted by Gasteiger charge is 2.37. The highest BCUT2D eigenvalue weighted by atomic mass is 16.6. The molecule has 2 atom stereocenters. The minimum atomic E-state index is -0.301. The van der Waals surface area contributed by atoms with Crippen molar-refractivity contribution in [3.05, 3.63) is 53.6 Å². The minimum Gasteiger partial charge on any atom is -0.493 e. The molecule has 3 fully saturated rings. The molecular formula is C26H32N2O3. The summed E-state index contributed by atoms with van der Waals surface area (Å²) in [6.07, 6.45) is 2.75. The molecule has 0 aromatic heterocycles. The van der Waals surface area contributed by atoms with Gasteiger partial charge in [0.05, 0.1) is 12.6 Å². The van der Waals surface area contributed by atoms with E-state index in [1.165, 1.54) is 11.1 Å². The molecule has 4 aliphatic rings. The smallest absolute Gasteiger partial charge is 0.407 e. The first kappa shape index (κ1) is 20.4. The van der Waals surface area contributed by atoms with E-state index in [1.807, 2.05) is 0 Å². The molecule has 0 spiro atoms. The van der Waals surface area contributed by atoms with Crippen LogP contribution in [0.2, 0.25) is 0 Å². The highest BCUT2D eigenvalue weighted by molar-refractivity contribution is 5.70. The lowest BCUT2D eigenvalue weighted by Crippen LogP contribution is -2.52. The maximum atomic E-state index is 12.7. The Hall–Kier alpha value is -2.53. The quantitative estimate of drug-likeness (QED) is 0.746. The fraction of sp³-hybridized carbons (Fsp3) is 0.500. The fourth-order valence-electron chi connectivity index (χ4n) is 5.15. The van der Waals surface area contributed by atoms with E-state index in [0.29, 0.717) is 18.4 Å². The Balaban J connectivity index is 1.29. The van der Waals surface area contributed by atoms with Crippen molar-refractivity contribution in [2.45, 2.75) is 51.2 Å². The fourth-order valence-corrected chi connectivity index (χ4v) is 5.15. The third-order valence-corrected chi connectivity index (χ3v) is 7.09. The minimum absolute atomic E-state index is 0.0254. The SMILES string of the molecule is CC(C)c1cccc(-c2ccc3c(c2)OCCC3NC(=O)O[C@H]2CN3CCC2CC3)c1. The molecule has 1 amide bonds. The molecule has 0 saturated carbocycles. The molecule has 5 nitrogen and oxygen atoms in total. The summed E-state index contributed by atoms with van der Waals surface area (Å²) in [5, 5.41) is 3.11. The normalized spacial score (nSPS) is 26.8. The van der Waals surface area contributed by atoms with Gasteiger partial charge in [0, 0.05) is 18.5 Å². The molecule has 6 rings (SSSR count). The number of ether oxygens (including phenoxy) is 2. The van der Waals surface area contributed by atoms with Gasteiger partial charge in [0.2, 0.25) is 0 Å². The van der Waals surface area contributed by atoms with E-state index in [0.717, 1.165) is 55.8 Å². The van der Waals surface area contributed by atoms with Crippen LogP contribution < -0.4 is 10.1 Å². The summed E-state index contributed by atoms with van der Waals surface area (Å²) in [5.41, 5.74) is 4.68. The molecule has 2 aromatic carbocycles. The van der Waals surface area contributed by atoms with Crippen LogP contribution >= 0.6 is 0 Å². The zero-order valence-electron chi connectivity index (χ0n) is 18.5. The topological polar surface area (TPSA) is 50.8 Å². The predicted molar refractivity (Wildman–Crippen MR) is 121 cm³/mol. The predicted octanol–water partition coefficient (Wildman–Crippen LogP) is 5.12. The number of nitrogens with zero attached hydrogens (tertiary/aromatic N) is 1. The van der Waals surface area contributed by atoms with Crippen LogP contribution in [0.25, 0.3) is 11.1 Å². The molecule has 0 aliphatic carbocycles. The number of hydrogen-bond donors (Lipinski definition) is 1. The van der Waals surface area contributed by atoms with Crippen molar-refractivity contribution in [2.75, 3.05) is 26.2 Å². The van der Waals surface area contributed by atoms with Gasteiger partial charge in [-0.25, -0.2) is 4.79 Å². The molecule has 3 saturated heterocycles. The second kappa shape index (κ2) is 8.54. The number of carbonyl (C=O) groups is 1. The third kappa shape index (κ3) is 4.29. The summed E-state index contributed by atoms with van der Waals surface area (Å²) < 4.78 is 11.8. The van der Waals surface area contributed by atoms with E-state index in [-0.39, 0.29) is 18.2 Å². The lowest BCUT2D eigenvalue weighted by Gasteiger charge is -2.44. The van der Waals surface area contributed by atoms with E-state index in [4.69, 9.17) is 9.47 Å². The van der Waals surface area contributed by atoms with Gasteiger partial charge in [-0.05, 0) is 60.5 Å². The number of benzene rings is 2. The largest absolute Gasteiger partial charge is 0.493 e. The van der Waals surface area contributed by atoms with Crippen LogP contribution in [0.15, 0.2) is 42.5 Å². The first-order chi connectivity index (χ1) is 15.1. The van der Waals surface area contributed by atoms with Crippen molar-refractivity contribution >= 4 is 6.09 Å². The number of carbonyl (C=O) groups excluding carboxylic acids is 1. The van der Waals surface area contributed by atoms with E-state index >= 15 is 0 Å². The second-order valence-corrected chi connectivity index (χ2v) is 9.45. The molecule has 31 heavy (non-hydrogen) atoms. The van der Waals surface area contributed by atoms with Crippen molar-refractivity contribution in [1.82, 2.24) is 10.2 Å². The summed E-state index contributed by atoms with van der Waals surface area (Å²) in [5.74, 6) is 1.86. The maximum Gasteiger partial charge on any atom is 0.407 e. The van der Waals surface area contributed by atoms with Gasteiger partial charge >= 0.3 is 6.09 Å². The van der Waals surface area contributed by atoms with Gasteiger partial charge in [0.15, 0.2) is 0 Å². The van der Waals surface area contributed by atoms with Crippen molar-refractivity contribution in [3.63, 3.8) is 0 Å². The third-order valence-electron chi connectivity index (χ3n) is 7.09. The van der Waals surface area contributed by atoms with Crippen LogP contribution in [0.3, 0.4) is 0 Å². The number of alkyl carbamates (subject to hydrolysis) is 1. The number of piperidine rings is 3. The Morgan fingerprint density at radius 3 is 2.65 bits per heavy atom. The van der Waals surface area contributed by atoms with E-state index in [2.05, 4.69) is 66.5 Å². The number of amides is 1. The number of hydrogen-bond acceptors (Lipinski definition) is 4. The molecule has 1 unspecified atom stereocenters.